The highest BCUT2D eigenvalue weighted by Crippen LogP contribution is 2.26. The summed E-state index contributed by atoms with van der Waals surface area (Å²) < 4.78 is 29.2. The van der Waals surface area contributed by atoms with Crippen LogP contribution in [0.3, 0.4) is 0 Å². The second-order valence-corrected chi connectivity index (χ2v) is 8.36. The minimum atomic E-state index is -3.60. The fourth-order valence-corrected chi connectivity index (χ4v) is 5.40. The SMILES string of the molecule is Cc1nc(C)c(C(C)NS(=O)(=O)N2CCCCC2CO)s1. The third kappa shape index (κ3) is 3.81. The first-order valence-corrected chi connectivity index (χ1v) is 9.44. The number of rotatable bonds is 5. The van der Waals surface area contributed by atoms with Crippen LogP contribution in [-0.2, 0) is 10.2 Å². The normalized spacial score (nSPS) is 22.4. The molecule has 1 aliphatic rings. The summed E-state index contributed by atoms with van der Waals surface area (Å²) in [6.45, 7) is 5.97. The van der Waals surface area contributed by atoms with E-state index in [2.05, 4.69) is 9.71 Å². The second-order valence-electron chi connectivity index (χ2n) is 5.47. The zero-order chi connectivity index (χ0) is 15.6. The second kappa shape index (κ2) is 6.70. The summed E-state index contributed by atoms with van der Waals surface area (Å²) in [4.78, 5) is 5.27. The Balaban J connectivity index is 2.14. The molecule has 0 amide bonds. The molecule has 2 N–H and O–H groups in total. The molecule has 1 fully saturated rings. The number of nitrogens with one attached hydrogen (secondary N) is 1. The van der Waals surface area contributed by atoms with E-state index in [4.69, 9.17) is 0 Å². The summed E-state index contributed by atoms with van der Waals surface area (Å²) in [5.74, 6) is 0. The van der Waals surface area contributed by atoms with Crippen molar-refractivity contribution in [2.75, 3.05) is 13.2 Å². The van der Waals surface area contributed by atoms with Crippen molar-refractivity contribution >= 4 is 21.5 Å². The number of aromatic nitrogens is 1. The van der Waals surface area contributed by atoms with Crippen LogP contribution in [0.15, 0.2) is 0 Å². The topological polar surface area (TPSA) is 82.5 Å². The Kier molecular flexibility index (Phi) is 5.37. The molecule has 2 unspecified atom stereocenters. The molecule has 0 saturated carbocycles. The van der Waals surface area contributed by atoms with Crippen LogP contribution in [0.1, 0.15) is 47.8 Å². The van der Waals surface area contributed by atoms with Gasteiger partial charge in [-0.25, -0.2) is 4.98 Å². The highest BCUT2D eigenvalue weighted by Gasteiger charge is 2.33. The molecule has 8 heteroatoms. The number of nitrogens with zero attached hydrogens (tertiary/aromatic N) is 2. The molecule has 0 bridgehead atoms. The maximum Gasteiger partial charge on any atom is 0.280 e. The fraction of sp³-hybridized carbons (Fsp3) is 0.769. The van der Waals surface area contributed by atoms with E-state index in [-0.39, 0.29) is 18.7 Å². The van der Waals surface area contributed by atoms with Gasteiger partial charge >= 0.3 is 0 Å². The van der Waals surface area contributed by atoms with Gasteiger partial charge in [0.05, 0.1) is 23.4 Å². The van der Waals surface area contributed by atoms with E-state index in [1.54, 1.807) is 0 Å². The zero-order valence-corrected chi connectivity index (χ0v) is 14.3. The molecule has 2 heterocycles. The van der Waals surface area contributed by atoms with Gasteiger partial charge in [0.1, 0.15) is 0 Å². The first-order valence-electron chi connectivity index (χ1n) is 7.19. The quantitative estimate of drug-likeness (QED) is 0.855. The number of thiazole rings is 1. The Morgan fingerprint density at radius 3 is 2.76 bits per heavy atom. The molecule has 6 nitrogen and oxygen atoms in total. The van der Waals surface area contributed by atoms with Crippen LogP contribution in [-0.4, -0.2) is 42.0 Å². The fourth-order valence-electron chi connectivity index (χ4n) is 2.77. The van der Waals surface area contributed by atoms with Crippen LogP contribution >= 0.6 is 11.3 Å². The van der Waals surface area contributed by atoms with Gasteiger partial charge in [-0.05, 0) is 33.6 Å². The van der Waals surface area contributed by atoms with E-state index in [9.17, 15) is 13.5 Å². The molecule has 1 aromatic rings. The molecule has 0 spiro atoms. The zero-order valence-electron chi connectivity index (χ0n) is 12.7. The molecule has 2 rings (SSSR count). The van der Waals surface area contributed by atoms with E-state index < -0.39 is 10.2 Å². The largest absolute Gasteiger partial charge is 0.395 e. The third-order valence-electron chi connectivity index (χ3n) is 3.75. The van der Waals surface area contributed by atoms with Crippen LogP contribution in [0.4, 0.5) is 0 Å². The van der Waals surface area contributed by atoms with E-state index >= 15 is 0 Å². The van der Waals surface area contributed by atoms with Gasteiger partial charge in [0.15, 0.2) is 0 Å². The van der Waals surface area contributed by atoms with Crippen LogP contribution in [0.2, 0.25) is 0 Å². The van der Waals surface area contributed by atoms with Crippen molar-refractivity contribution in [3.05, 3.63) is 15.6 Å². The molecular formula is C13H23N3O3S2. The van der Waals surface area contributed by atoms with Crippen molar-refractivity contribution in [1.29, 1.82) is 0 Å². The first kappa shape index (κ1) is 16.8. The number of aryl methyl sites for hydroxylation is 2. The predicted octanol–water partition coefficient (Wildman–Crippen LogP) is 1.50. The average molecular weight is 333 g/mol. The molecule has 0 aliphatic carbocycles. The summed E-state index contributed by atoms with van der Waals surface area (Å²) in [6, 6.07) is -0.629. The molecule has 0 aromatic carbocycles. The smallest absolute Gasteiger partial charge is 0.280 e. The minimum Gasteiger partial charge on any atom is -0.395 e. The van der Waals surface area contributed by atoms with Gasteiger partial charge in [0.25, 0.3) is 10.2 Å². The van der Waals surface area contributed by atoms with Crippen LogP contribution in [0, 0.1) is 13.8 Å². The van der Waals surface area contributed by atoms with Crippen molar-refractivity contribution in [3.8, 4) is 0 Å². The Bertz CT molecular complexity index is 585. The molecule has 1 saturated heterocycles. The lowest BCUT2D eigenvalue weighted by molar-refractivity contribution is 0.153. The first-order chi connectivity index (χ1) is 9.85. The van der Waals surface area contributed by atoms with Crippen molar-refractivity contribution < 1.29 is 13.5 Å². The van der Waals surface area contributed by atoms with Crippen molar-refractivity contribution in [2.24, 2.45) is 0 Å². The van der Waals surface area contributed by atoms with Gasteiger partial charge in [0.2, 0.25) is 0 Å². The molecular weight excluding hydrogens is 310 g/mol. The summed E-state index contributed by atoms with van der Waals surface area (Å²) in [7, 11) is -3.60. The molecule has 1 aliphatic heterocycles. The molecule has 0 radical (unpaired) electrons. The van der Waals surface area contributed by atoms with Crippen molar-refractivity contribution in [1.82, 2.24) is 14.0 Å². The average Bonchev–Trinajstić information content (AvgIpc) is 2.77. The number of aliphatic hydroxyl groups excluding tert-OH is 1. The van der Waals surface area contributed by atoms with Gasteiger partial charge in [-0.15, -0.1) is 11.3 Å². The lowest BCUT2D eigenvalue weighted by Crippen LogP contribution is -2.50. The molecule has 1 aromatic heterocycles. The van der Waals surface area contributed by atoms with Gasteiger partial charge in [-0.2, -0.15) is 17.4 Å². The maximum atomic E-state index is 12.5. The number of hydrogen-bond acceptors (Lipinski definition) is 5. The van der Waals surface area contributed by atoms with E-state index in [1.165, 1.54) is 15.6 Å². The van der Waals surface area contributed by atoms with Crippen LogP contribution in [0.25, 0.3) is 0 Å². The summed E-state index contributed by atoms with van der Waals surface area (Å²) in [6.07, 6.45) is 2.51. The Hall–Kier alpha value is -0.540. The van der Waals surface area contributed by atoms with Gasteiger partial charge in [-0.3, -0.25) is 0 Å². The number of hydrogen-bond donors (Lipinski definition) is 2. The Morgan fingerprint density at radius 1 is 1.48 bits per heavy atom. The number of aliphatic hydroxyl groups is 1. The Morgan fingerprint density at radius 2 is 2.19 bits per heavy atom. The highest BCUT2D eigenvalue weighted by molar-refractivity contribution is 7.87. The van der Waals surface area contributed by atoms with Crippen molar-refractivity contribution in [2.45, 2.75) is 52.1 Å². The monoisotopic (exact) mass is 333 g/mol. The minimum absolute atomic E-state index is 0.131. The van der Waals surface area contributed by atoms with Crippen molar-refractivity contribution in [3.63, 3.8) is 0 Å². The molecule has 120 valence electrons. The third-order valence-corrected chi connectivity index (χ3v) is 6.76. The maximum absolute atomic E-state index is 12.5. The van der Waals surface area contributed by atoms with Gasteiger partial charge < -0.3 is 5.11 Å². The van der Waals surface area contributed by atoms with E-state index in [0.717, 1.165) is 28.4 Å². The molecule has 21 heavy (non-hydrogen) atoms. The van der Waals surface area contributed by atoms with Crippen LogP contribution < -0.4 is 4.72 Å². The number of piperidine rings is 1. The summed E-state index contributed by atoms with van der Waals surface area (Å²) >= 11 is 1.51. The van der Waals surface area contributed by atoms with E-state index in [0.29, 0.717) is 13.0 Å². The van der Waals surface area contributed by atoms with Crippen LogP contribution in [0.5, 0.6) is 0 Å². The predicted molar refractivity (Wildman–Crippen MR) is 83.5 cm³/mol. The van der Waals surface area contributed by atoms with Gasteiger partial charge in [0, 0.05) is 17.5 Å². The van der Waals surface area contributed by atoms with E-state index in [1.807, 2.05) is 20.8 Å². The summed E-state index contributed by atoms with van der Waals surface area (Å²) in [5.41, 5.74) is 0.866. The highest BCUT2D eigenvalue weighted by atomic mass is 32.2. The molecule has 2 atom stereocenters. The standard InChI is InChI=1S/C13H23N3O3S2/c1-9-13(20-11(3)14-9)10(2)15-21(18,19)16-7-5-4-6-12(16)8-17/h10,12,15,17H,4-8H2,1-3H3. The van der Waals surface area contributed by atoms with Gasteiger partial charge in [-0.1, -0.05) is 6.42 Å². The lowest BCUT2D eigenvalue weighted by Gasteiger charge is -2.34. The summed E-state index contributed by atoms with van der Waals surface area (Å²) in [5, 5.41) is 10.3. The Labute approximate surface area is 130 Å². The lowest BCUT2D eigenvalue weighted by atomic mass is 10.1.